The van der Waals surface area contributed by atoms with Gasteiger partial charge < -0.3 is 0 Å². The summed E-state index contributed by atoms with van der Waals surface area (Å²) in [6.45, 7) is 52.4. The van der Waals surface area contributed by atoms with Crippen molar-refractivity contribution < 1.29 is 0 Å². The van der Waals surface area contributed by atoms with Crippen LogP contribution in [0.3, 0.4) is 0 Å². The maximum atomic E-state index is 4.32. The third kappa shape index (κ3) is 6.78. The molecule has 226 valence electrons. The molecule has 1 aliphatic carbocycles. The first-order valence-corrected chi connectivity index (χ1v) is 16.1. The van der Waals surface area contributed by atoms with E-state index in [4.69, 9.17) is 0 Å². The van der Waals surface area contributed by atoms with Gasteiger partial charge in [0.15, 0.2) is 0 Å². The standard InChI is InChI=1S/C38H74/c1-21-32(7,8)26-34(11,12)35(13,14)29-22-28(31(4,5)6)23-30(24-29)36(15,16)38(19,20)37(17,18)33(9,10)25-27(2)3/h28-30H,2,21-26H2,1,3-20H3. The summed E-state index contributed by atoms with van der Waals surface area (Å²) < 4.78 is 0. The molecule has 38 heavy (non-hydrogen) atoms. The summed E-state index contributed by atoms with van der Waals surface area (Å²) in [5, 5.41) is 0. The van der Waals surface area contributed by atoms with E-state index in [-0.39, 0.29) is 27.1 Å². The van der Waals surface area contributed by atoms with Gasteiger partial charge in [-0.25, -0.2) is 0 Å². The van der Waals surface area contributed by atoms with E-state index in [0.29, 0.717) is 16.2 Å². The molecule has 0 aliphatic heterocycles. The second kappa shape index (κ2) is 10.9. The lowest BCUT2D eigenvalue weighted by atomic mass is 9.41. The number of hydrogen-bond donors (Lipinski definition) is 0. The van der Waals surface area contributed by atoms with Gasteiger partial charge in [-0.2, -0.15) is 0 Å². The highest BCUT2D eigenvalue weighted by molar-refractivity contribution is 5.10. The van der Waals surface area contributed by atoms with Gasteiger partial charge in [0.1, 0.15) is 0 Å². The Kier molecular flexibility index (Phi) is 10.2. The Morgan fingerprint density at radius 2 is 0.974 bits per heavy atom. The topological polar surface area (TPSA) is 0 Å². The van der Waals surface area contributed by atoms with E-state index in [2.05, 4.69) is 138 Å². The molecule has 3 unspecified atom stereocenters. The van der Waals surface area contributed by atoms with Crippen molar-refractivity contribution >= 4 is 0 Å². The molecule has 0 amide bonds. The van der Waals surface area contributed by atoms with Crippen molar-refractivity contribution in [3.05, 3.63) is 12.2 Å². The Bertz CT molecular complexity index is 801. The molecule has 1 aliphatic rings. The van der Waals surface area contributed by atoms with Gasteiger partial charge in [0.2, 0.25) is 0 Å². The van der Waals surface area contributed by atoms with E-state index < -0.39 is 0 Å². The van der Waals surface area contributed by atoms with Crippen LogP contribution in [0.1, 0.15) is 170 Å². The number of hydrogen-bond acceptors (Lipinski definition) is 0. The van der Waals surface area contributed by atoms with Crippen LogP contribution in [0, 0.1) is 61.1 Å². The van der Waals surface area contributed by atoms with Gasteiger partial charge in [0.25, 0.3) is 0 Å². The third-order valence-electron chi connectivity index (χ3n) is 14.2. The molecule has 0 spiro atoms. The Morgan fingerprint density at radius 3 is 1.34 bits per heavy atom. The van der Waals surface area contributed by atoms with Crippen LogP contribution in [0.4, 0.5) is 0 Å². The van der Waals surface area contributed by atoms with Gasteiger partial charge >= 0.3 is 0 Å². The number of allylic oxidation sites excluding steroid dienone is 1. The zero-order valence-corrected chi connectivity index (χ0v) is 30.2. The Hall–Kier alpha value is -0.260. The molecule has 0 aromatic heterocycles. The molecule has 0 bridgehead atoms. The van der Waals surface area contributed by atoms with Gasteiger partial charge in [-0.3, -0.25) is 0 Å². The van der Waals surface area contributed by atoms with Crippen LogP contribution in [-0.2, 0) is 0 Å². The minimum Gasteiger partial charge on any atom is -0.100 e. The Morgan fingerprint density at radius 1 is 0.579 bits per heavy atom. The summed E-state index contributed by atoms with van der Waals surface area (Å²) in [7, 11) is 0. The molecule has 0 heteroatoms. The van der Waals surface area contributed by atoms with Crippen LogP contribution in [0.15, 0.2) is 12.2 Å². The smallest absolute Gasteiger partial charge is 0.0243 e. The summed E-state index contributed by atoms with van der Waals surface area (Å²) in [4.78, 5) is 0. The lowest BCUT2D eigenvalue weighted by Crippen LogP contribution is -2.56. The Balaban J connectivity index is 3.59. The average molecular weight is 531 g/mol. The molecule has 0 heterocycles. The summed E-state index contributed by atoms with van der Waals surface area (Å²) in [5.74, 6) is 2.23. The van der Waals surface area contributed by atoms with E-state index in [1.54, 1.807) is 0 Å². The zero-order valence-electron chi connectivity index (χ0n) is 30.2. The summed E-state index contributed by atoms with van der Waals surface area (Å²) in [6, 6.07) is 0. The maximum absolute atomic E-state index is 4.32. The van der Waals surface area contributed by atoms with Crippen molar-refractivity contribution in [3.63, 3.8) is 0 Å². The molecule has 3 atom stereocenters. The lowest BCUT2D eigenvalue weighted by molar-refractivity contribution is -0.144. The van der Waals surface area contributed by atoms with Crippen LogP contribution in [-0.4, -0.2) is 0 Å². The molecule has 0 N–H and O–H groups in total. The Labute approximate surface area is 243 Å². The van der Waals surface area contributed by atoms with Crippen molar-refractivity contribution in [3.8, 4) is 0 Å². The van der Waals surface area contributed by atoms with Gasteiger partial charge in [0.05, 0.1) is 0 Å². The fourth-order valence-corrected chi connectivity index (χ4v) is 8.44. The largest absolute Gasteiger partial charge is 0.100 e. The van der Waals surface area contributed by atoms with Crippen molar-refractivity contribution in [2.24, 2.45) is 61.1 Å². The first-order chi connectivity index (χ1) is 16.5. The average Bonchev–Trinajstić information content (AvgIpc) is 2.70. The van der Waals surface area contributed by atoms with Crippen LogP contribution in [0.2, 0.25) is 0 Å². The van der Waals surface area contributed by atoms with Crippen molar-refractivity contribution in [2.75, 3.05) is 0 Å². The van der Waals surface area contributed by atoms with E-state index in [9.17, 15) is 0 Å². The number of rotatable bonds is 11. The van der Waals surface area contributed by atoms with E-state index >= 15 is 0 Å². The summed E-state index contributed by atoms with van der Waals surface area (Å²) in [6.07, 6.45) is 7.74. The maximum Gasteiger partial charge on any atom is -0.0243 e. The van der Waals surface area contributed by atoms with E-state index in [0.717, 1.165) is 24.2 Å². The zero-order chi connectivity index (χ0) is 30.6. The predicted molar refractivity (Wildman–Crippen MR) is 175 cm³/mol. The molecule has 0 radical (unpaired) electrons. The third-order valence-corrected chi connectivity index (χ3v) is 14.2. The monoisotopic (exact) mass is 531 g/mol. The highest BCUT2D eigenvalue weighted by Gasteiger charge is 2.59. The van der Waals surface area contributed by atoms with E-state index in [1.165, 1.54) is 37.7 Å². The molecule has 0 nitrogen and oxygen atoms in total. The van der Waals surface area contributed by atoms with Crippen LogP contribution >= 0.6 is 0 Å². The van der Waals surface area contributed by atoms with Crippen molar-refractivity contribution in [1.82, 2.24) is 0 Å². The fraction of sp³-hybridized carbons (Fsp3) is 0.947. The van der Waals surface area contributed by atoms with Gasteiger partial charge in [-0.1, -0.05) is 137 Å². The first kappa shape index (κ1) is 35.8. The SMILES string of the molecule is C=C(C)CC(C)(C)C(C)(C)C(C)(C)C(C)(C)C1CC(C(C)(C)C)CC(C(C)(C)C(C)(C)CC(C)(C)CC)C1. The van der Waals surface area contributed by atoms with Gasteiger partial charge in [0, 0.05) is 0 Å². The van der Waals surface area contributed by atoms with Crippen LogP contribution < -0.4 is 0 Å². The second-order valence-electron chi connectivity index (χ2n) is 19.5. The van der Waals surface area contributed by atoms with Crippen molar-refractivity contribution in [2.45, 2.75) is 170 Å². The predicted octanol–water partition coefficient (Wildman–Crippen LogP) is 13.0. The highest BCUT2D eigenvalue weighted by atomic mass is 14.6. The van der Waals surface area contributed by atoms with Crippen molar-refractivity contribution in [1.29, 1.82) is 0 Å². The molecule has 0 aromatic rings. The molecule has 1 saturated carbocycles. The molecule has 0 saturated heterocycles. The highest BCUT2D eigenvalue weighted by Crippen LogP contribution is 2.66. The first-order valence-electron chi connectivity index (χ1n) is 16.1. The molecular weight excluding hydrogens is 456 g/mol. The lowest BCUT2D eigenvalue weighted by Gasteiger charge is -2.63. The molecule has 1 rings (SSSR count). The summed E-state index contributed by atoms with van der Waals surface area (Å²) in [5.41, 5.74) is 3.34. The molecular formula is C38H74. The van der Waals surface area contributed by atoms with Crippen LogP contribution in [0.25, 0.3) is 0 Å². The van der Waals surface area contributed by atoms with Gasteiger partial charge in [-0.05, 0) is 100 Å². The molecule has 1 fully saturated rings. The van der Waals surface area contributed by atoms with Crippen LogP contribution in [0.5, 0.6) is 0 Å². The molecule has 0 aromatic carbocycles. The normalized spacial score (nSPS) is 23.5. The quantitative estimate of drug-likeness (QED) is 0.233. The van der Waals surface area contributed by atoms with Gasteiger partial charge in [-0.15, -0.1) is 6.58 Å². The summed E-state index contributed by atoms with van der Waals surface area (Å²) >= 11 is 0. The minimum atomic E-state index is 0.159. The fourth-order valence-electron chi connectivity index (χ4n) is 8.44. The van der Waals surface area contributed by atoms with E-state index in [1.807, 2.05) is 0 Å². The minimum absolute atomic E-state index is 0.159. The second-order valence-corrected chi connectivity index (χ2v) is 19.5.